The van der Waals surface area contributed by atoms with Crippen molar-refractivity contribution in [3.8, 4) is 16.2 Å². The number of nitrogens with zero attached hydrogens (tertiary/aromatic N) is 3. The van der Waals surface area contributed by atoms with Crippen molar-refractivity contribution in [1.82, 2.24) is 14.2 Å². The molecule has 4 fully saturated rings. The zero-order chi connectivity index (χ0) is 51.3. The number of sulfonamides is 1. The molecule has 4 atom stereocenters. The fourth-order valence-corrected chi connectivity index (χ4v) is 16.8. The van der Waals surface area contributed by atoms with Crippen LogP contribution in [0.2, 0.25) is 0 Å². The summed E-state index contributed by atoms with van der Waals surface area (Å²) in [7, 11) is -3.68. The van der Waals surface area contributed by atoms with Crippen molar-refractivity contribution in [2.75, 3.05) is 17.6 Å². The minimum absolute atomic E-state index is 0.104. The molecule has 2 amide bonds. The van der Waals surface area contributed by atoms with E-state index in [-0.39, 0.29) is 83.7 Å². The first-order chi connectivity index (χ1) is 35.0. The van der Waals surface area contributed by atoms with Gasteiger partial charge in [-0.1, -0.05) is 30.3 Å². The van der Waals surface area contributed by atoms with Crippen LogP contribution in [-0.4, -0.2) is 79.9 Å². The number of ether oxygens (including phenoxy) is 1. The van der Waals surface area contributed by atoms with E-state index in [2.05, 4.69) is 48.8 Å². The van der Waals surface area contributed by atoms with Gasteiger partial charge in [0.15, 0.2) is 0 Å². The zero-order valence-electron chi connectivity index (χ0n) is 41.5. The molecule has 3 N–H and O–H groups in total. The fourth-order valence-electron chi connectivity index (χ4n) is 11.8. The van der Waals surface area contributed by atoms with Crippen molar-refractivity contribution in [2.45, 2.75) is 125 Å². The van der Waals surface area contributed by atoms with Gasteiger partial charge in [0.25, 0.3) is 0 Å². The van der Waals surface area contributed by atoms with Gasteiger partial charge in [0.05, 0.1) is 5.75 Å². The van der Waals surface area contributed by atoms with Crippen molar-refractivity contribution < 1.29 is 63.8 Å². The number of aromatic nitrogens is 1. The molecule has 2 aromatic heterocycles. The Hall–Kier alpha value is -5.39. The summed E-state index contributed by atoms with van der Waals surface area (Å²) in [6.45, 7) is 9.70. The first-order valence-electron chi connectivity index (χ1n) is 25.4. The standard InChI is InChI=1S/C57H62IN4O9S2/c1-5-42(63)31-71-52-49(45-29-58-45)53(72-54(52)56(67)68)40-11-7-10-39(26-40)50-51(60-50)41-22-23-62(57(3,4)28-41)73(69,70)32-36-9-6-8-34(24-36)14-18-43(64)25-35-12-15-37(16-13-35)38-17-19-46-44(27-38)33(2)30-61(46)47-20-21-48(65)59-55(47)66/h6-11,17,19,24,26-27,30,35,37,41,45,47,50,63H,1,12-16,18,20-23,25,28-29,31-32H2,2-4H3,(H,67,68)(H,59,65,66)/q-1. The molecule has 10 rings (SSSR count). The number of piperidine rings is 2. The van der Waals surface area contributed by atoms with Crippen LogP contribution < -0.4 is 31.3 Å². The monoisotopic (exact) mass is 1140 g/mol. The van der Waals surface area contributed by atoms with Gasteiger partial charge in [-0.15, -0.1) is 0 Å². The Morgan fingerprint density at radius 1 is 0.973 bits per heavy atom. The number of aliphatic hydroxyl groups is 1. The molecule has 6 heterocycles. The molecule has 0 bridgehead atoms. The van der Waals surface area contributed by atoms with Crippen LogP contribution in [0.15, 0.2) is 96.0 Å². The van der Waals surface area contributed by atoms with Crippen molar-refractivity contribution in [1.29, 1.82) is 0 Å². The van der Waals surface area contributed by atoms with Crippen molar-refractivity contribution in [3.05, 3.63) is 129 Å². The molecule has 0 radical (unpaired) electrons. The number of halogens is 1. The van der Waals surface area contributed by atoms with Gasteiger partial charge < -0.3 is 4.57 Å². The number of carbonyl (C=O) groups is 4. The molecule has 384 valence electrons. The number of carboxylic acids is 1. The number of hydrogen-bond acceptors (Lipinski definition) is 10. The maximum atomic E-state index is 14.2. The zero-order valence-corrected chi connectivity index (χ0v) is 45.3. The molecule has 13 nitrogen and oxygen atoms in total. The number of amides is 2. The summed E-state index contributed by atoms with van der Waals surface area (Å²) in [4.78, 5) is 56.1. The Kier molecular flexibility index (Phi) is 14.5. The van der Waals surface area contributed by atoms with Gasteiger partial charge in [-0.2, -0.15) is 0 Å². The van der Waals surface area contributed by atoms with E-state index in [0.29, 0.717) is 74.6 Å². The number of rotatable bonds is 18. The summed E-state index contributed by atoms with van der Waals surface area (Å²) in [5.41, 5.74) is 10.7. The minimum atomic E-state index is -3.68. The van der Waals surface area contributed by atoms with E-state index in [1.165, 1.54) is 16.9 Å². The number of nitrogens with one attached hydrogen (secondary N) is 1. The van der Waals surface area contributed by atoms with E-state index < -0.39 is 21.5 Å². The third kappa shape index (κ3) is 11.1. The van der Waals surface area contributed by atoms with Crippen LogP contribution >= 0.6 is 11.3 Å². The van der Waals surface area contributed by atoms with Crippen LogP contribution in [0.5, 0.6) is 5.75 Å². The molecule has 1 saturated carbocycles. The van der Waals surface area contributed by atoms with Crippen molar-refractivity contribution in [2.24, 2.45) is 16.8 Å². The van der Waals surface area contributed by atoms with Gasteiger partial charge in [-0.25, -0.2) is 8.42 Å². The van der Waals surface area contributed by atoms with Crippen LogP contribution in [0.25, 0.3) is 21.3 Å². The topological polar surface area (TPSA) is 185 Å². The second kappa shape index (κ2) is 20.7. The summed E-state index contributed by atoms with van der Waals surface area (Å²) >= 11 is 1.10. The van der Waals surface area contributed by atoms with Crippen LogP contribution in [0.4, 0.5) is 0 Å². The van der Waals surface area contributed by atoms with Crippen molar-refractivity contribution >= 4 is 61.5 Å². The molecule has 73 heavy (non-hydrogen) atoms. The number of fused-ring (bicyclic) bond motifs is 1. The predicted molar refractivity (Wildman–Crippen MR) is 279 cm³/mol. The van der Waals surface area contributed by atoms with E-state index >= 15 is 0 Å². The number of thiophene rings is 1. The van der Waals surface area contributed by atoms with Crippen LogP contribution in [0.1, 0.15) is 143 Å². The molecule has 0 spiro atoms. The molecular weight excluding hydrogens is 1080 g/mol. The molecule has 4 unspecified atom stereocenters. The predicted octanol–water partition coefficient (Wildman–Crippen LogP) is 7.49. The second-order valence-electron chi connectivity index (χ2n) is 21.2. The first kappa shape index (κ1) is 51.1. The summed E-state index contributed by atoms with van der Waals surface area (Å²) in [5, 5.41) is 23.7. The van der Waals surface area contributed by atoms with E-state index in [4.69, 9.17) is 9.73 Å². The number of aryl methyl sites for hydroxylation is 2. The van der Waals surface area contributed by atoms with Gasteiger partial charge in [0, 0.05) is 36.4 Å². The molecule has 5 aliphatic rings. The van der Waals surface area contributed by atoms with E-state index in [1.54, 1.807) is 4.31 Å². The van der Waals surface area contributed by atoms with E-state index in [9.17, 15) is 37.8 Å². The Balaban J connectivity index is 0.704. The number of benzene rings is 3. The molecule has 16 heteroatoms. The van der Waals surface area contributed by atoms with Gasteiger partial charge >= 0.3 is 213 Å². The Labute approximate surface area is 441 Å². The van der Waals surface area contributed by atoms with Crippen LogP contribution in [0.3, 0.4) is 0 Å². The average molecular weight is 1140 g/mol. The third-order valence-electron chi connectivity index (χ3n) is 15.6. The number of carbonyl (C=O) groups excluding carboxylic acids is 3. The number of aromatic carboxylic acids is 1. The molecule has 4 aliphatic heterocycles. The molecule has 3 aromatic carbocycles. The SMILES string of the molecule is C=C=C(O)COc1c(C(=O)O)sc(-c2cccc(C3N=C3C3CCN(S(=O)(=O)Cc4cccc(CCC(=O)CC5CCC(c6ccc7c(c6)c(C)cn7C6CCC(=O)NC6=O)CC5)c4)C(C)(C)C3)c2)c1C1C[I-]1. The second-order valence-corrected chi connectivity index (χ2v) is 27.3. The summed E-state index contributed by atoms with van der Waals surface area (Å²) in [6.07, 6.45) is 9.73. The number of Topliss-reactive ketones (excluding diaryl/α,β-unsaturated/α-hetero) is 1. The number of imide groups is 1. The Morgan fingerprint density at radius 2 is 1.74 bits per heavy atom. The number of ketones is 1. The van der Waals surface area contributed by atoms with Crippen LogP contribution in [-0.2, 0) is 36.6 Å². The molecule has 1 aliphatic carbocycles. The van der Waals surface area contributed by atoms with E-state index in [1.807, 2.05) is 67.1 Å². The summed E-state index contributed by atoms with van der Waals surface area (Å²) < 4.78 is 39.3. The summed E-state index contributed by atoms with van der Waals surface area (Å²) in [5.74, 6) is -0.387. The van der Waals surface area contributed by atoms with Gasteiger partial charge in [-0.3, -0.25) is 19.7 Å². The molecular formula is C57H62IN4O9S2-. The normalized spacial score (nSPS) is 24.0. The van der Waals surface area contributed by atoms with E-state index in [0.717, 1.165) is 79.4 Å². The van der Waals surface area contributed by atoms with Gasteiger partial charge in [0.2, 0.25) is 21.8 Å². The summed E-state index contributed by atoms with van der Waals surface area (Å²) in [6, 6.07) is 21.8. The number of alkyl halides is 2. The molecule has 3 saturated heterocycles. The third-order valence-corrected chi connectivity index (χ3v) is 21.2. The van der Waals surface area contributed by atoms with Crippen LogP contribution in [0, 0.1) is 18.8 Å². The average Bonchev–Trinajstić information content (AvgIpc) is 4.30. The number of hydrogen-bond donors (Lipinski definition) is 3. The Morgan fingerprint density at radius 3 is 2.47 bits per heavy atom. The first-order valence-corrected chi connectivity index (χ1v) is 30.6. The number of carboxylic acid groups (broad SMARTS) is 1. The van der Waals surface area contributed by atoms with Gasteiger partial charge in [-0.05, 0) is 91.7 Å². The van der Waals surface area contributed by atoms with Crippen molar-refractivity contribution in [3.63, 3.8) is 0 Å². The Bertz CT molecular complexity index is 3230. The maximum absolute atomic E-state index is 14.2. The quantitative estimate of drug-likeness (QED) is 0.0263. The number of aliphatic hydroxyl groups excluding tert-OH is 1. The molecule has 5 aromatic rings. The van der Waals surface area contributed by atoms with Gasteiger partial charge in [0.1, 0.15) is 11.8 Å². The number of aliphatic imine (C=N–C) groups is 1. The fraction of sp³-hybridized carbons (Fsp3) is 0.439.